The molecule has 0 aromatic carbocycles. The van der Waals surface area contributed by atoms with Gasteiger partial charge in [-0.25, -0.2) is 0 Å². The van der Waals surface area contributed by atoms with Crippen LogP contribution in [0.15, 0.2) is 6.20 Å². The second kappa shape index (κ2) is 8.53. The van der Waals surface area contributed by atoms with Gasteiger partial charge < -0.3 is 14.7 Å². The van der Waals surface area contributed by atoms with Gasteiger partial charge in [0.25, 0.3) is 5.91 Å². The molecule has 1 rings (SSSR count). The molecule has 0 radical (unpaired) electrons. The molecule has 1 N–H and O–H groups in total. The number of carbonyl (C=O) groups excluding carboxylic acids is 1. The number of carbonyl (C=O) groups is 2. The zero-order valence-corrected chi connectivity index (χ0v) is 13.7. The van der Waals surface area contributed by atoms with E-state index in [9.17, 15) is 9.59 Å². The van der Waals surface area contributed by atoms with Gasteiger partial charge >= 0.3 is 5.97 Å². The summed E-state index contributed by atoms with van der Waals surface area (Å²) >= 11 is 0. The Morgan fingerprint density at radius 3 is 2.68 bits per heavy atom. The van der Waals surface area contributed by atoms with Crippen molar-refractivity contribution in [2.45, 2.75) is 27.2 Å². The van der Waals surface area contributed by atoms with Crippen LogP contribution in [-0.4, -0.2) is 58.0 Å². The van der Waals surface area contributed by atoms with Gasteiger partial charge in [-0.05, 0) is 20.3 Å². The molecule has 0 bridgehead atoms. The van der Waals surface area contributed by atoms with Crippen molar-refractivity contribution >= 4 is 11.9 Å². The van der Waals surface area contributed by atoms with Crippen LogP contribution in [-0.2, 0) is 16.6 Å². The van der Waals surface area contributed by atoms with E-state index in [1.807, 2.05) is 13.8 Å². The van der Waals surface area contributed by atoms with E-state index in [4.69, 9.17) is 9.84 Å². The topological polar surface area (TPSA) is 84.7 Å². The summed E-state index contributed by atoms with van der Waals surface area (Å²) in [6, 6.07) is 0. The van der Waals surface area contributed by atoms with Crippen LogP contribution in [0.1, 0.15) is 36.3 Å². The molecule has 0 aliphatic rings. The maximum absolute atomic E-state index is 12.6. The van der Waals surface area contributed by atoms with Crippen molar-refractivity contribution in [1.29, 1.82) is 0 Å². The van der Waals surface area contributed by atoms with Gasteiger partial charge in [0.2, 0.25) is 0 Å². The molecule has 0 fully saturated rings. The lowest BCUT2D eigenvalue weighted by atomic mass is 10.1. The number of rotatable bonds is 9. The standard InChI is InChI=1S/C15H25N3O4/c1-5-22-8-6-7-18(10-11(2)15(20)21)14(19)13-9-16-17(4)12(13)3/h9,11H,5-8,10H2,1-4H3,(H,20,21). The molecule has 1 unspecified atom stereocenters. The fourth-order valence-electron chi connectivity index (χ4n) is 2.07. The summed E-state index contributed by atoms with van der Waals surface area (Å²) in [5.74, 6) is -1.71. The average molecular weight is 311 g/mol. The average Bonchev–Trinajstić information content (AvgIpc) is 2.81. The summed E-state index contributed by atoms with van der Waals surface area (Å²) in [6.07, 6.45) is 2.20. The summed E-state index contributed by atoms with van der Waals surface area (Å²) in [5.41, 5.74) is 1.28. The lowest BCUT2D eigenvalue weighted by Crippen LogP contribution is -2.38. The van der Waals surface area contributed by atoms with Crippen LogP contribution in [0, 0.1) is 12.8 Å². The molecule has 1 heterocycles. The molecule has 124 valence electrons. The smallest absolute Gasteiger partial charge is 0.308 e. The molecule has 7 nitrogen and oxygen atoms in total. The summed E-state index contributed by atoms with van der Waals surface area (Å²) in [4.78, 5) is 25.3. The van der Waals surface area contributed by atoms with Crippen LogP contribution in [0.4, 0.5) is 0 Å². The Hall–Kier alpha value is -1.89. The molecule has 1 amide bonds. The van der Waals surface area contributed by atoms with E-state index in [-0.39, 0.29) is 12.5 Å². The van der Waals surface area contributed by atoms with Crippen molar-refractivity contribution in [3.05, 3.63) is 17.5 Å². The highest BCUT2D eigenvalue weighted by atomic mass is 16.5. The Morgan fingerprint density at radius 2 is 2.18 bits per heavy atom. The highest BCUT2D eigenvalue weighted by Crippen LogP contribution is 2.12. The fraction of sp³-hybridized carbons (Fsp3) is 0.667. The Morgan fingerprint density at radius 1 is 1.50 bits per heavy atom. The van der Waals surface area contributed by atoms with Gasteiger partial charge in [-0.2, -0.15) is 5.10 Å². The first kappa shape index (κ1) is 18.2. The summed E-state index contributed by atoms with van der Waals surface area (Å²) in [7, 11) is 1.77. The molecule has 22 heavy (non-hydrogen) atoms. The van der Waals surface area contributed by atoms with Crippen LogP contribution in [0.3, 0.4) is 0 Å². The molecule has 1 aromatic heterocycles. The van der Waals surface area contributed by atoms with E-state index >= 15 is 0 Å². The molecule has 0 spiro atoms. The lowest BCUT2D eigenvalue weighted by molar-refractivity contribution is -0.141. The van der Waals surface area contributed by atoms with Crippen molar-refractivity contribution in [3.63, 3.8) is 0 Å². The quantitative estimate of drug-likeness (QED) is 0.695. The second-order valence-electron chi connectivity index (χ2n) is 5.31. The van der Waals surface area contributed by atoms with Crippen molar-refractivity contribution in [3.8, 4) is 0 Å². The van der Waals surface area contributed by atoms with Gasteiger partial charge in [0.1, 0.15) is 0 Å². The second-order valence-corrected chi connectivity index (χ2v) is 5.31. The van der Waals surface area contributed by atoms with Crippen molar-refractivity contribution in [1.82, 2.24) is 14.7 Å². The minimum atomic E-state index is -0.912. The highest BCUT2D eigenvalue weighted by Gasteiger charge is 2.23. The number of nitrogens with zero attached hydrogens (tertiary/aromatic N) is 3. The third-order valence-corrected chi connectivity index (χ3v) is 3.59. The van der Waals surface area contributed by atoms with Crippen LogP contribution >= 0.6 is 0 Å². The van der Waals surface area contributed by atoms with E-state index < -0.39 is 11.9 Å². The molecule has 0 saturated heterocycles. The van der Waals surface area contributed by atoms with Gasteiger partial charge in [-0.15, -0.1) is 0 Å². The molecule has 0 aliphatic carbocycles. The number of carboxylic acids is 1. The minimum absolute atomic E-state index is 0.175. The van der Waals surface area contributed by atoms with Gasteiger partial charge in [-0.1, -0.05) is 6.92 Å². The molecule has 0 saturated carbocycles. The Balaban J connectivity index is 2.81. The third kappa shape index (κ3) is 4.84. The van der Waals surface area contributed by atoms with Gasteiger partial charge in [0.15, 0.2) is 0 Å². The zero-order chi connectivity index (χ0) is 16.7. The first-order valence-corrected chi connectivity index (χ1v) is 7.46. The largest absolute Gasteiger partial charge is 0.481 e. The number of carboxylic acid groups (broad SMARTS) is 1. The van der Waals surface area contributed by atoms with E-state index in [0.29, 0.717) is 31.7 Å². The molecular formula is C15H25N3O4. The number of ether oxygens (including phenoxy) is 1. The van der Waals surface area contributed by atoms with E-state index in [1.165, 1.54) is 6.20 Å². The van der Waals surface area contributed by atoms with Crippen LogP contribution in [0.5, 0.6) is 0 Å². The SMILES string of the molecule is CCOCCCN(CC(C)C(=O)O)C(=O)c1cnn(C)c1C. The number of aryl methyl sites for hydroxylation is 1. The number of hydrogen-bond donors (Lipinski definition) is 1. The van der Waals surface area contributed by atoms with Crippen LogP contribution in [0.2, 0.25) is 0 Å². The van der Waals surface area contributed by atoms with Crippen molar-refractivity contribution < 1.29 is 19.4 Å². The molecule has 1 atom stereocenters. The fourth-order valence-corrected chi connectivity index (χ4v) is 2.07. The number of amides is 1. The van der Waals surface area contributed by atoms with E-state index in [1.54, 1.807) is 23.6 Å². The van der Waals surface area contributed by atoms with Crippen LogP contribution < -0.4 is 0 Å². The normalized spacial score (nSPS) is 12.2. The summed E-state index contributed by atoms with van der Waals surface area (Å²) in [5, 5.41) is 13.1. The Kier molecular flexibility index (Phi) is 7.04. The summed E-state index contributed by atoms with van der Waals surface area (Å²) in [6.45, 7) is 7.14. The maximum Gasteiger partial charge on any atom is 0.308 e. The predicted molar refractivity (Wildman–Crippen MR) is 81.8 cm³/mol. The van der Waals surface area contributed by atoms with Gasteiger partial charge in [0, 0.05) is 39.0 Å². The summed E-state index contributed by atoms with van der Waals surface area (Å²) < 4.78 is 6.91. The highest BCUT2D eigenvalue weighted by molar-refractivity contribution is 5.95. The Labute approximate surface area is 130 Å². The van der Waals surface area contributed by atoms with Crippen LogP contribution in [0.25, 0.3) is 0 Å². The number of aliphatic carboxylic acids is 1. The van der Waals surface area contributed by atoms with E-state index in [0.717, 1.165) is 5.69 Å². The number of hydrogen-bond acceptors (Lipinski definition) is 4. The third-order valence-electron chi connectivity index (χ3n) is 3.59. The number of aromatic nitrogens is 2. The Bertz CT molecular complexity index is 513. The molecular weight excluding hydrogens is 286 g/mol. The van der Waals surface area contributed by atoms with Gasteiger partial charge in [-0.3, -0.25) is 14.3 Å². The first-order valence-electron chi connectivity index (χ1n) is 7.46. The van der Waals surface area contributed by atoms with Crippen molar-refractivity contribution in [2.24, 2.45) is 13.0 Å². The lowest BCUT2D eigenvalue weighted by Gasteiger charge is -2.24. The van der Waals surface area contributed by atoms with Gasteiger partial charge in [0.05, 0.1) is 17.7 Å². The first-order chi connectivity index (χ1) is 10.4. The molecule has 0 aliphatic heterocycles. The molecule has 1 aromatic rings. The zero-order valence-electron chi connectivity index (χ0n) is 13.7. The van der Waals surface area contributed by atoms with E-state index in [2.05, 4.69) is 5.10 Å². The van der Waals surface area contributed by atoms with Crippen molar-refractivity contribution in [2.75, 3.05) is 26.3 Å². The predicted octanol–water partition coefficient (Wildman–Crippen LogP) is 1.32. The monoisotopic (exact) mass is 311 g/mol. The maximum atomic E-state index is 12.6. The minimum Gasteiger partial charge on any atom is -0.481 e. The molecule has 7 heteroatoms.